The smallest absolute Gasteiger partial charge is 0.191 e. The summed E-state index contributed by atoms with van der Waals surface area (Å²) in [5.74, 6) is 2.24. The summed E-state index contributed by atoms with van der Waals surface area (Å²) in [7, 11) is 5.06. The van der Waals surface area contributed by atoms with Crippen LogP contribution in [0.1, 0.15) is 22.3 Å². The van der Waals surface area contributed by atoms with E-state index in [-0.39, 0.29) is 0 Å². The van der Waals surface area contributed by atoms with Crippen LogP contribution >= 0.6 is 0 Å². The average Bonchev–Trinajstić information content (AvgIpc) is 2.63. The number of nitrogens with zero attached hydrogens (tertiary/aromatic N) is 1. The lowest BCUT2D eigenvalue weighted by Gasteiger charge is -2.14. The van der Waals surface area contributed by atoms with Crippen molar-refractivity contribution in [3.8, 4) is 11.5 Å². The lowest BCUT2D eigenvalue weighted by Crippen LogP contribution is -2.37. The topological polar surface area (TPSA) is 54.9 Å². The molecule has 0 atom stereocenters. The van der Waals surface area contributed by atoms with Gasteiger partial charge in [0.2, 0.25) is 0 Å². The van der Waals surface area contributed by atoms with Gasteiger partial charge >= 0.3 is 0 Å². The fraction of sp³-hybridized carbons (Fsp3) is 0.381. The molecule has 140 valence electrons. The van der Waals surface area contributed by atoms with Crippen LogP contribution in [0.15, 0.2) is 41.4 Å². The number of nitrogens with one attached hydrogen (secondary N) is 2. The van der Waals surface area contributed by atoms with Crippen molar-refractivity contribution >= 4 is 5.96 Å². The third-order valence-electron chi connectivity index (χ3n) is 4.12. The Morgan fingerprint density at radius 3 is 2.19 bits per heavy atom. The Morgan fingerprint density at radius 1 is 0.885 bits per heavy atom. The number of aryl methyl sites for hydroxylation is 2. The van der Waals surface area contributed by atoms with E-state index in [4.69, 9.17) is 9.47 Å². The van der Waals surface area contributed by atoms with Gasteiger partial charge in [-0.1, -0.05) is 35.4 Å². The van der Waals surface area contributed by atoms with Crippen LogP contribution in [0.3, 0.4) is 0 Å². The van der Waals surface area contributed by atoms with Crippen LogP contribution in [0.4, 0.5) is 0 Å². The van der Waals surface area contributed by atoms with Crippen molar-refractivity contribution < 1.29 is 9.47 Å². The van der Waals surface area contributed by atoms with E-state index >= 15 is 0 Å². The molecule has 0 spiro atoms. The summed E-state index contributed by atoms with van der Waals surface area (Å²) >= 11 is 0. The Bertz CT molecular complexity index is 737. The van der Waals surface area contributed by atoms with Gasteiger partial charge in [0.25, 0.3) is 0 Å². The van der Waals surface area contributed by atoms with Crippen LogP contribution in [0.2, 0.25) is 0 Å². The number of ether oxygens (including phenoxy) is 2. The largest absolute Gasteiger partial charge is 0.493 e. The van der Waals surface area contributed by atoms with Gasteiger partial charge in [-0.2, -0.15) is 0 Å². The van der Waals surface area contributed by atoms with E-state index in [9.17, 15) is 0 Å². The molecule has 2 aromatic rings. The zero-order valence-electron chi connectivity index (χ0n) is 16.3. The minimum Gasteiger partial charge on any atom is -0.493 e. The molecular weight excluding hydrogens is 326 g/mol. The van der Waals surface area contributed by atoms with Crippen molar-refractivity contribution in [2.24, 2.45) is 4.99 Å². The van der Waals surface area contributed by atoms with Gasteiger partial charge in [0.05, 0.1) is 14.2 Å². The predicted molar refractivity (Wildman–Crippen MR) is 107 cm³/mol. The molecule has 0 saturated carbocycles. The summed E-state index contributed by atoms with van der Waals surface area (Å²) in [6.07, 6.45) is 0.958. The van der Waals surface area contributed by atoms with Gasteiger partial charge in [-0.3, -0.25) is 4.99 Å². The first-order chi connectivity index (χ1) is 12.5. The van der Waals surface area contributed by atoms with E-state index in [1.165, 1.54) is 16.7 Å². The number of methoxy groups -OCH3 is 2. The molecule has 0 aliphatic rings. The zero-order valence-corrected chi connectivity index (χ0v) is 16.3. The van der Waals surface area contributed by atoms with Crippen molar-refractivity contribution in [3.05, 3.63) is 58.7 Å². The molecule has 0 aromatic heterocycles. The molecule has 26 heavy (non-hydrogen) atoms. The number of guanidine groups is 1. The van der Waals surface area contributed by atoms with Crippen molar-refractivity contribution in [3.63, 3.8) is 0 Å². The highest BCUT2D eigenvalue weighted by Gasteiger charge is 2.05. The van der Waals surface area contributed by atoms with Gasteiger partial charge in [-0.25, -0.2) is 0 Å². The Labute approximate surface area is 156 Å². The molecule has 0 fully saturated rings. The Kier molecular flexibility index (Phi) is 7.33. The maximum absolute atomic E-state index is 5.34. The number of hydrogen-bond acceptors (Lipinski definition) is 3. The summed E-state index contributed by atoms with van der Waals surface area (Å²) in [5.41, 5.74) is 5.04. The van der Waals surface area contributed by atoms with E-state index in [1.807, 2.05) is 18.2 Å². The van der Waals surface area contributed by atoms with Crippen LogP contribution in [-0.2, 0) is 13.0 Å². The third kappa shape index (κ3) is 5.69. The van der Waals surface area contributed by atoms with Gasteiger partial charge in [-0.15, -0.1) is 0 Å². The monoisotopic (exact) mass is 355 g/mol. The highest BCUT2D eigenvalue weighted by Crippen LogP contribution is 2.27. The van der Waals surface area contributed by atoms with E-state index in [1.54, 1.807) is 21.3 Å². The van der Waals surface area contributed by atoms with Gasteiger partial charge in [0, 0.05) is 20.1 Å². The summed E-state index contributed by atoms with van der Waals surface area (Å²) in [5, 5.41) is 6.69. The van der Waals surface area contributed by atoms with E-state index in [0.717, 1.165) is 36.0 Å². The molecule has 2 rings (SSSR count). The third-order valence-corrected chi connectivity index (χ3v) is 4.12. The predicted octanol–water partition coefficient (Wildman–Crippen LogP) is 3.23. The van der Waals surface area contributed by atoms with Gasteiger partial charge in [0.1, 0.15) is 0 Å². The highest BCUT2D eigenvalue weighted by atomic mass is 16.5. The molecule has 2 aromatic carbocycles. The molecule has 2 N–H and O–H groups in total. The maximum Gasteiger partial charge on any atom is 0.191 e. The SMILES string of the molecule is CN=C(NCCc1cc(C)cc(C)c1)NCc1ccc(OC)c(OC)c1. The van der Waals surface area contributed by atoms with Crippen LogP contribution in [0, 0.1) is 13.8 Å². The Hall–Kier alpha value is -2.69. The van der Waals surface area contributed by atoms with E-state index in [2.05, 4.69) is 47.7 Å². The standard InChI is InChI=1S/C21H29N3O2/c1-15-10-16(2)12-17(11-15)8-9-23-21(22-3)24-14-18-6-7-19(25-4)20(13-18)26-5/h6-7,10-13H,8-9,14H2,1-5H3,(H2,22,23,24). The van der Waals surface area contributed by atoms with Gasteiger partial charge in [-0.05, 0) is 43.5 Å². The second-order valence-electron chi connectivity index (χ2n) is 6.29. The summed E-state index contributed by atoms with van der Waals surface area (Å²) in [4.78, 5) is 4.28. The molecule has 0 unspecified atom stereocenters. The minimum atomic E-state index is 0.656. The Morgan fingerprint density at radius 2 is 1.58 bits per heavy atom. The van der Waals surface area contributed by atoms with E-state index < -0.39 is 0 Å². The number of hydrogen-bond donors (Lipinski definition) is 2. The minimum absolute atomic E-state index is 0.656. The summed E-state index contributed by atoms with van der Waals surface area (Å²) in [6.45, 7) is 5.75. The first kappa shape index (κ1) is 19.6. The number of aliphatic imine (C=N–C) groups is 1. The van der Waals surface area contributed by atoms with Crippen LogP contribution in [0.5, 0.6) is 11.5 Å². The first-order valence-electron chi connectivity index (χ1n) is 8.78. The molecule has 0 heterocycles. The molecule has 0 aliphatic carbocycles. The lowest BCUT2D eigenvalue weighted by atomic mass is 10.1. The molecule has 0 saturated heterocycles. The zero-order chi connectivity index (χ0) is 18.9. The quantitative estimate of drug-likeness (QED) is 0.591. The van der Waals surface area contributed by atoms with Crippen LogP contribution in [0.25, 0.3) is 0 Å². The first-order valence-corrected chi connectivity index (χ1v) is 8.78. The Balaban J connectivity index is 1.86. The number of benzene rings is 2. The number of rotatable bonds is 7. The normalized spacial score (nSPS) is 11.2. The molecular formula is C21H29N3O2. The van der Waals surface area contributed by atoms with Gasteiger partial charge < -0.3 is 20.1 Å². The van der Waals surface area contributed by atoms with Crippen molar-refractivity contribution in [2.45, 2.75) is 26.8 Å². The molecule has 0 radical (unpaired) electrons. The van der Waals surface area contributed by atoms with Gasteiger partial charge in [0.15, 0.2) is 17.5 Å². The van der Waals surface area contributed by atoms with Crippen molar-refractivity contribution in [1.29, 1.82) is 0 Å². The lowest BCUT2D eigenvalue weighted by molar-refractivity contribution is 0.354. The van der Waals surface area contributed by atoms with Crippen LogP contribution < -0.4 is 20.1 Å². The molecule has 0 aliphatic heterocycles. The summed E-state index contributed by atoms with van der Waals surface area (Å²) in [6, 6.07) is 12.5. The molecule has 0 amide bonds. The highest BCUT2D eigenvalue weighted by molar-refractivity contribution is 5.79. The summed E-state index contributed by atoms with van der Waals surface area (Å²) < 4.78 is 10.6. The van der Waals surface area contributed by atoms with Crippen molar-refractivity contribution in [2.75, 3.05) is 27.8 Å². The molecule has 5 nitrogen and oxygen atoms in total. The van der Waals surface area contributed by atoms with Crippen molar-refractivity contribution in [1.82, 2.24) is 10.6 Å². The second kappa shape index (κ2) is 9.70. The maximum atomic E-state index is 5.34. The average molecular weight is 355 g/mol. The molecule has 5 heteroatoms. The molecule has 0 bridgehead atoms. The fourth-order valence-corrected chi connectivity index (χ4v) is 2.94. The van der Waals surface area contributed by atoms with E-state index in [0.29, 0.717) is 6.54 Å². The van der Waals surface area contributed by atoms with Crippen LogP contribution in [-0.4, -0.2) is 33.8 Å². The second-order valence-corrected chi connectivity index (χ2v) is 6.29. The fourth-order valence-electron chi connectivity index (χ4n) is 2.94.